The molecule has 2 N–H and O–H groups in total. The molecule has 2 amide bonds. The predicted molar refractivity (Wildman–Crippen MR) is 111 cm³/mol. The number of carbonyl (C=O) groups is 2. The van der Waals surface area contributed by atoms with Crippen LogP contribution in [0.3, 0.4) is 0 Å². The molecule has 0 radical (unpaired) electrons. The summed E-state index contributed by atoms with van der Waals surface area (Å²) in [7, 11) is 0. The van der Waals surface area contributed by atoms with E-state index >= 15 is 0 Å². The van der Waals surface area contributed by atoms with E-state index in [1.807, 2.05) is 6.92 Å². The molecule has 2 unspecified atom stereocenters. The molecule has 0 spiro atoms. The third-order valence-corrected chi connectivity index (χ3v) is 5.74. The van der Waals surface area contributed by atoms with Gasteiger partial charge >= 0.3 is 0 Å². The molecule has 1 fully saturated rings. The van der Waals surface area contributed by atoms with Crippen molar-refractivity contribution in [2.45, 2.75) is 19.1 Å². The van der Waals surface area contributed by atoms with Crippen molar-refractivity contribution < 1.29 is 18.7 Å². The lowest BCUT2D eigenvalue weighted by atomic mass is 10.0. The topological polar surface area (TPSA) is 70.7 Å². The Balaban J connectivity index is 1.65. The van der Waals surface area contributed by atoms with Gasteiger partial charge in [-0.2, -0.15) is 11.3 Å². The number of hydrogen-bond donors (Lipinski definition) is 2. The van der Waals surface area contributed by atoms with Gasteiger partial charge in [0.05, 0.1) is 25.3 Å². The molecule has 2 atom stereocenters. The van der Waals surface area contributed by atoms with Crippen molar-refractivity contribution in [2.75, 3.05) is 32.8 Å². The number of thiophene rings is 1. The summed E-state index contributed by atoms with van der Waals surface area (Å²) in [6.07, 6.45) is -0.00241. The molecule has 29 heavy (non-hydrogen) atoms. The molecule has 1 aliphatic heterocycles. The molecule has 2 aromatic rings. The number of ether oxygens (including phenoxy) is 1. The van der Waals surface area contributed by atoms with Crippen molar-refractivity contribution in [1.82, 2.24) is 15.5 Å². The number of carbonyl (C=O) groups excluding carboxylic acids is 2. The molecular formula is C20H23ClFN3O3S. The summed E-state index contributed by atoms with van der Waals surface area (Å²) >= 11 is 7.70. The van der Waals surface area contributed by atoms with Gasteiger partial charge in [0.25, 0.3) is 5.91 Å². The van der Waals surface area contributed by atoms with Crippen molar-refractivity contribution in [3.63, 3.8) is 0 Å². The van der Waals surface area contributed by atoms with Gasteiger partial charge in [0.15, 0.2) is 0 Å². The van der Waals surface area contributed by atoms with Crippen LogP contribution in [0.1, 0.15) is 28.9 Å². The number of hydrogen-bond acceptors (Lipinski definition) is 5. The zero-order valence-corrected chi connectivity index (χ0v) is 17.6. The smallest absolute Gasteiger partial charge is 0.252 e. The normalized spacial score (nSPS) is 18.2. The summed E-state index contributed by atoms with van der Waals surface area (Å²) in [5, 5.41) is 9.19. The highest BCUT2D eigenvalue weighted by Crippen LogP contribution is 2.31. The first-order valence-corrected chi connectivity index (χ1v) is 10.6. The Hall–Kier alpha value is -2.00. The van der Waals surface area contributed by atoms with E-state index in [-0.39, 0.29) is 31.0 Å². The highest BCUT2D eigenvalue weighted by molar-refractivity contribution is 7.08. The molecule has 1 aromatic heterocycles. The maximum atomic E-state index is 14.6. The molecule has 3 rings (SSSR count). The van der Waals surface area contributed by atoms with Crippen LogP contribution in [0.2, 0.25) is 5.02 Å². The van der Waals surface area contributed by atoms with Gasteiger partial charge in [-0.15, -0.1) is 0 Å². The van der Waals surface area contributed by atoms with Crippen LogP contribution in [-0.2, 0) is 9.53 Å². The van der Waals surface area contributed by atoms with E-state index in [9.17, 15) is 14.0 Å². The lowest BCUT2D eigenvalue weighted by Crippen LogP contribution is -2.48. The largest absolute Gasteiger partial charge is 0.376 e. The van der Waals surface area contributed by atoms with E-state index in [1.165, 1.54) is 17.4 Å². The van der Waals surface area contributed by atoms with Crippen molar-refractivity contribution >= 4 is 34.8 Å². The maximum Gasteiger partial charge on any atom is 0.252 e. The summed E-state index contributed by atoms with van der Waals surface area (Å²) in [5.41, 5.74) is 0.868. The molecular weight excluding hydrogens is 417 g/mol. The van der Waals surface area contributed by atoms with Gasteiger partial charge in [0, 0.05) is 41.2 Å². The van der Waals surface area contributed by atoms with Gasteiger partial charge in [-0.25, -0.2) is 4.39 Å². The second-order valence-electron chi connectivity index (χ2n) is 6.83. The number of benzene rings is 1. The first kappa shape index (κ1) is 21.7. The van der Waals surface area contributed by atoms with Crippen LogP contribution < -0.4 is 10.6 Å². The second kappa shape index (κ2) is 10.2. The van der Waals surface area contributed by atoms with Crippen molar-refractivity contribution in [2.24, 2.45) is 0 Å². The fourth-order valence-corrected chi connectivity index (χ4v) is 4.23. The molecule has 0 aliphatic carbocycles. The minimum absolute atomic E-state index is 0.00241. The van der Waals surface area contributed by atoms with E-state index < -0.39 is 11.9 Å². The monoisotopic (exact) mass is 439 g/mol. The van der Waals surface area contributed by atoms with Crippen LogP contribution in [-0.4, -0.2) is 55.6 Å². The Kier molecular flexibility index (Phi) is 7.60. The number of halogens is 2. The third kappa shape index (κ3) is 5.76. The Labute approximate surface area is 178 Å². The summed E-state index contributed by atoms with van der Waals surface area (Å²) in [5.74, 6) is -1.08. The van der Waals surface area contributed by atoms with E-state index in [4.69, 9.17) is 16.3 Å². The highest BCUT2D eigenvalue weighted by Gasteiger charge is 2.29. The van der Waals surface area contributed by atoms with Crippen molar-refractivity contribution in [3.8, 4) is 0 Å². The van der Waals surface area contributed by atoms with E-state index in [2.05, 4.69) is 15.5 Å². The third-order valence-electron chi connectivity index (χ3n) is 4.73. The summed E-state index contributed by atoms with van der Waals surface area (Å²) in [6.45, 7) is 3.68. The molecule has 9 heteroatoms. The standard InChI is InChI=1S/C20H23ClFN3O3S/c1-13-11-25(6-7-28-13)17(19-15(21)3-2-4-16(19)22)9-23-18(26)10-24-20(27)14-5-8-29-12-14/h2-5,8,12-13,17H,6-7,9-11H2,1H3,(H,23,26)(H,24,27). The Morgan fingerprint density at radius 1 is 1.38 bits per heavy atom. The van der Waals surface area contributed by atoms with Crippen LogP contribution in [0.5, 0.6) is 0 Å². The van der Waals surface area contributed by atoms with Crippen LogP contribution in [0.15, 0.2) is 35.0 Å². The van der Waals surface area contributed by atoms with Gasteiger partial charge in [0.2, 0.25) is 5.91 Å². The fourth-order valence-electron chi connectivity index (χ4n) is 3.30. The average molecular weight is 440 g/mol. The number of nitrogens with zero attached hydrogens (tertiary/aromatic N) is 1. The van der Waals surface area contributed by atoms with Crippen molar-refractivity contribution in [3.05, 3.63) is 57.0 Å². The lowest BCUT2D eigenvalue weighted by molar-refractivity contribution is -0.120. The number of nitrogens with one attached hydrogen (secondary N) is 2. The van der Waals surface area contributed by atoms with Crippen LogP contribution in [0.4, 0.5) is 4.39 Å². The molecule has 1 aliphatic rings. The van der Waals surface area contributed by atoms with E-state index in [0.717, 1.165) is 0 Å². The van der Waals surface area contributed by atoms with Gasteiger partial charge in [-0.05, 0) is 30.5 Å². The number of amides is 2. The maximum absolute atomic E-state index is 14.6. The van der Waals surface area contributed by atoms with Crippen LogP contribution in [0.25, 0.3) is 0 Å². The molecule has 6 nitrogen and oxygen atoms in total. The first-order valence-electron chi connectivity index (χ1n) is 9.32. The first-order chi connectivity index (χ1) is 14.0. The Bertz CT molecular complexity index is 829. The quantitative estimate of drug-likeness (QED) is 0.696. The minimum Gasteiger partial charge on any atom is -0.376 e. The van der Waals surface area contributed by atoms with Gasteiger partial charge < -0.3 is 15.4 Å². The fraction of sp³-hybridized carbons (Fsp3) is 0.400. The number of rotatable bonds is 7. The predicted octanol–water partition coefficient (Wildman–Crippen LogP) is 2.85. The zero-order valence-electron chi connectivity index (χ0n) is 16.0. The summed E-state index contributed by atoms with van der Waals surface area (Å²) in [6, 6.07) is 5.80. The zero-order chi connectivity index (χ0) is 20.8. The molecule has 0 saturated carbocycles. The SMILES string of the molecule is CC1CN(C(CNC(=O)CNC(=O)c2ccsc2)c2c(F)cccc2Cl)CCO1. The average Bonchev–Trinajstić information content (AvgIpc) is 3.23. The Morgan fingerprint density at radius 2 is 2.21 bits per heavy atom. The molecule has 1 saturated heterocycles. The molecule has 2 heterocycles. The van der Waals surface area contributed by atoms with Gasteiger partial charge in [0.1, 0.15) is 5.82 Å². The van der Waals surface area contributed by atoms with Crippen LogP contribution in [0, 0.1) is 5.82 Å². The summed E-state index contributed by atoms with van der Waals surface area (Å²) in [4.78, 5) is 26.3. The van der Waals surface area contributed by atoms with Crippen LogP contribution >= 0.6 is 22.9 Å². The molecule has 0 bridgehead atoms. The highest BCUT2D eigenvalue weighted by atomic mass is 35.5. The van der Waals surface area contributed by atoms with Gasteiger partial charge in [-0.1, -0.05) is 17.7 Å². The molecule has 156 valence electrons. The second-order valence-corrected chi connectivity index (χ2v) is 8.01. The summed E-state index contributed by atoms with van der Waals surface area (Å²) < 4.78 is 20.2. The lowest BCUT2D eigenvalue weighted by Gasteiger charge is -2.38. The Morgan fingerprint density at radius 3 is 2.90 bits per heavy atom. The van der Waals surface area contributed by atoms with E-state index in [1.54, 1.807) is 29.0 Å². The van der Waals surface area contributed by atoms with Crippen molar-refractivity contribution in [1.29, 1.82) is 0 Å². The van der Waals surface area contributed by atoms with E-state index in [0.29, 0.717) is 35.8 Å². The van der Waals surface area contributed by atoms with Gasteiger partial charge in [-0.3, -0.25) is 14.5 Å². The minimum atomic E-state index is -0.438. The molecule has 1 aromatic carbocycles. The number of morpholine rings is 1.